The summed E-state index contributed by atoms with van der Waals surface area (Å²) in [5, 5.41) is 0. The van der Waals surface area contributed by atoms with Gasteiger partial charge in [0.2, 0.25) is 5.78 Å². The molecule has 11 nitrogen and oxygen atoms in total. The number of hydrogen-bond acceptors (Lipinski definition) is 11. The lowest BCUT2D eigenvalue weighted by Crippen LogP contribution is -2.37. The van der Waals surface area contributed by atoms with Crippen LogP contribution in [0.25, 0.3) is 5.57 Å². The first-order chi connectivity index (χ1) is 20.3. The summed E-state index contributed by atoms with van der Waals surface area (Å²) in [6, 6.07) is 15.6. The predicted octanol–water partition coefficient (Wildman–Crippen LogP) is 2.81. The largest absolute Gasteiger partial charge is 0.466 e. The molecule has 214 valence electrons. The van der Waals surface area contributed by atoms with Crippen molar-refractivity contribution < 1.29 is 42.9 Å². The number of methoxy groups -OCH3 is 4. The van der Waals surface area contributed by atoms with E-state index in [2.05, 4.69) is 4.99 Å². The van der Waals surface area contributed by atoms with Crippen molar-refractivity contribution in [1.29, 1.82) is 0 Å². The van der Waals surface area contributed by atoms with Crippen LogP contribution in [0.2, 0.25) is 0 Å². The first-order valence-electron chi connectivity index (χ1n) is 12.5. The fourth-order valence-corrected chi connectivity index (χ4v) is 4.66. The number of esters is 4. The normalized spacial score (nSPS) is 20.0. The van der Waals surface area contributed by atoms with Crippen LogP contribution in [0, 0.1) is 0 Å². The van der Waals surface area contributed by atoms with Gasteiger partial charge < -0.3 is 23.8 Å². The molecule has 4 rings (SSSR count). The minimum Gasteiger partial charge on any atom is -0.466 e. The third kappa shape index (κ3) is 5.39. The summed E-state index contributed by atoms with van der Waals surface area (Å²) < 4.78 is 19.9. The Morgan fingerprint density at radius 2 is 1.40 bits per heavy atom. The molecule has 0 saturated carbocycles. The van der Waals surface area contributed by atoms with E-state index >= 15 is 0 Å². The monoisotopic (exact) mass is 570 g/mol. The van der Waals surface area contributed by atoms with Crippen LogP contribution in [0.1, 0.15) is 15.9 Å². The molecule has 1 unspecified atom stereocenters. The SMILES string of the molecule is COC(=O)/C=C(\C(=O)OC)N1\C2=C(c3ccccc3)/C(C(=O)c3ccccc3)=N\C=C/C1C(C(=O)OC)=C2C(=O)OC. The number of hydrogen-bond donors (Lipinski definition) is 0. The Hall–Kier alpha value is -5.58. The van der Waals surface area contributed by atoms with Crippen LogP contribution in [-0.2, 0) is 38.1 Å². The summed E-state index contributed by atoms with van der Waals surface area (Å²) in [6.07, 6.45) is 3.53. The van der Waals surface area contributed by atoms with Gasteiger partial charge in [0, 0.05) is 17.3 Å². The first-order valence-corrected chi connectivity index (χ1v) is 12.5. The standard InChI is InChI=1S/C31H26N2O9/c1-39-22(34)17-21(29(36)40-2)33-20-15-16-32-26(28(35)19-13-9-6-10-14-19)23(18-11-7-5-8-12-18)27(33)25(31(38)42-4)24(20)30(37)41-3/h5-17,20H,1-4H3/b16-15-,21-17+,27-23-,32-26+. The van der Waals surface area contributed by atoms with Gasteiger partial charge in [-0.25, -0.2) is 19.2 Å². The summed E-state index contributed by atoms with van der Waals surface area (Å²) in [5.74, 6) is -4.31. The van der Waals surface area contributed by atoms with E-state index in [1.165, 1.54) is 17.2 Å². The molecular formula is C31H26N2O9. The topological polar surface area (TPSA) is 138 Å². The van der Waals surface area contributed by atoms with Crippen LogP contribution in [0.15, 0.2) is 107 Å². The van der Waals surface area contributed by atoms with Crippen molar-refractivity contribution in [2.24, 2.45) is 4.99 Å². The van der Waals surface area contributed by atoms with E-state index in [1.54, 1.807) is 60.7 Å². The molecule has 0 aliphatic carbocycles. The minimum atomic E-state index is -1.22. The zero-order chi connectivity index (χ0) is 30.4. The zero-order valence-electron chi connectivity index (χ0n) is 23.2. The van der Waals surface area contributed by atoms with Crippen LogP contribution in [0.4, 0.5) is 0 Å². The number of Topliss-reactive ketones (excluding diaryl/α,β-unsaturated/α-hetero) is 1. The quantitative estimate of drug-likeness (QED) is 0.202. The molecule has 0 amide bonds. The predicted molar refractivity (Wildman–Crippen MR) is 150 cm³/mol. The Labute approximate surface area is 241 Å². The lowest BCUT2D eigenvalue weighted by Gasteiger charge is -2.31. The number of rotatable bonds is 8. The smallest absolute Gasteiger partial charge is 0.354 e. The maximum Gasteiger partial charge on any atom is 0.354 e. The molecule has 0 radical (unpaired) electrons. The second-order valence-electron chi connectivity index (χ2n) is 8.74. The lowest BCUT2D eigenvalue weighted by molar-refractivity contribution is -0.140. The Morgan fingerprint density at radius 3 is 1.98 bits per heavy atom. The zero-order valence-corrected chi connectivity index (χ0v) is 23.2. The molecule has 0 aromatic heterocycles. The van der Waals surface area contributed by atoms with Crippen LogP contribution in [0.5, 0.6) is 0 Å². The van der Waals surface area contributed by atoms with Crippen LogP contribution in [0.3, 0.4) is 0 Å². The molecule has 2 bridgehead atoms. The third-order valence-corrected chi connectivity index (χ3v) is 6.48. The van der Waals surface area contributed by atoms with Gasteiger partial charge in [0.15, 0.2) is 0 Å². The Morgan fingerprint density at radius 1 is 0.786 bits per heavy atom. The van der Waals surface area contributed by atoms with Crippen molar-refractivity contribution in [2.75, 3.05) is 28.4 Å². The number of carbonyl (C=O) groups is 5. The van der Waals surface area contributed by atoms with Crippen LogP contribution >= 0.6 is 0 Å². The van der Waals surface area contributed by atoms with Crippen molar-refractivity contribution in [3.8, 4) is 0 Å². The molecule has 11 heteroatoms. The van der Waals surface area contributed by atoms with Gasteiger partial charge in [0.05, 0.1) is 57.4 Å². The van der Waals surface area contributed by atoms with Crippen molar-refractivity contribution in [3.05, 3.63) is 113 Å². The van der Waals surface area contributed by atoms with Crippen molar-refractivity contribution in [1.82, 2.24) is 4.90 Å². The molecule has 0 saturated heterocycles. The summed E-state index contributed by atoms with van der Waals surface area (Å²) in [5.41, 5.74) is -0.350. The summed E-state index contributed by atoms with van der Waals surface area (Å²) >= 11 is 0. The van der Waals surface area contributed by atoms with Gasteiger partial charge in [0.25, 0.3) is 0 Å². The van der Waals surface area contributed by atoms with E-state index in [-0.39, 0.29) is 33.7 Å². The molecule has 2 aromatic carbocycles. The number of allylic oxidation sites excluding steroid dienone is 1. The van der Waals surface area contributed by atoms with E-state index in [1.807, 2.05) is 0 Å². The Kier molecular flexibility index (Phi) is 8.91. The molecule has 0 fully saturated rings. The van der Waals surface area contributed by atoms with Gasteiger partial charge in [-0.3, -0.25) is 9.79 Å². The number of aliphatic imine (C=N–C) groups is 1. The average molecular weight is 571 g/mol. The molecule has 42 heavy (non-hydrogen) atoms. The maximum atomic E-state index is 14.0. The first kappa shape index (κ1) is 29.4. The number of carbonyl (C=O) groups excluding carboxylic acids is 5. The van der Waals surface area contributed by atoms with E-state index in [0.29, 0.717) is 5.56 Å². The Bertz CT molecular complexity index is 1600. The summed E-state index contributed by atoms with van der Waals surface area (Å²) in [6.45, 7) is 0. The highest BCUT2D eigenvalue weighted by atomic mass is 16.5. The lowest BCUT2D eigenvalue weighted by atomic mass is 9.90. The van der Waals surface area contributed by atoms with Gasteiger partial charge in [-0.2, -0.15) is 0 Å². The van der Waals surface area contributed by atoms with Gasteiger partial charge in [-0.15, -0.1) is 0 Å². The van der Waals surface area contributed by atoms with E-state index in [4.69, 9.17) is 18.9 Å². The summed E-state index contributed by atoms with van der Waals surface area (Å²) in [4.78, 5) is 72.2. The number of ketones is 1. The molecule has 2 aliphatic rings. The van der Waals surface area contributed by atoms with Crippen LogP contribution in [-0.4, -0.2) is 74.8 Å². The van der Waals surface area contributed by atoms with Gasteiger partial charge in [-0.1, -0.05) is 60.7 Å². The number of ether oxygens (including phenoxy) is 4. The van der Waals surface area contributed by atoms with Crippen LogP contribution < -0.4 is 0 Å². The molecule has 0 spiro atoms. The van der Waals surface area contributed by atoms with E-state index in [0.717, 1.165) is 34.5 Å². The van der Waals surface area contributed by atoms with Crippen molar-refractivity contribution in [2.45, 2.75) is 6.04 Å². The number of nitrogens with zero attached hydrogens (tertiary/aromatic N) is 2. The fourth-order valence-electron chi connectivity index (χ4n) is 4.66. The number of fused-ring (bicyclic) bond motifs is 2. The fraction of sp³-hybridized carbons (Fsp3) is 0.161. The highest BCUT2D eigenvalue weighted by Crippen LogP contribution is 2.44. The molecule has 0 N–H and O–H groups in total. The van der Waals surface area contributed by atoms with E-state index in [9.17, 15) is 24.0 Å². The van der Waals surface area contributed by atoms with Gasteiger partial charge in [-0.05, 0) is 11.6 Å². The maximum absolute atomic E-state index is 14.0. The number of benzene rings is 2. The molecular weight excluding hydrogens is 544 g/mol. The minimum absolute atomic E-state index is 0.0813. The second-order valence-corrected chi connectivity index (χ2v) is 8.74. The van der Waals surface area contributed by atoms with Crippen molar-refractivity contribution in [3.63, 3.8) is 0 Å². The van der Waals surface area contributed by atoms with E-state index < -0.39 is 41.4 Å². The third-order valence-electron chi connectivity index (χ3n) is 6.48. The van der Waals surface area contributed by atoms with Gasteiger partial charge in [0.1, 0.15) is 11.4 Å². The average Bonchev–Trinajstić information content (AvgIpc) is 3.38. The van der Waals surface area contributed by atoms with Gasteiger partial charge >= 0.3 is 23.9 Å². The Balaban J connectivity index is 2.23. The summed E-state index contributed by atoms with van der Waals surface area (Å²) in [7, 11) is 4.46. The molecule has 2 aliphatic heterocycles. The highest BCUT2D eigenvalue weighted by molar-refractivity contribution is 6.61. The second kappa shape index (κ2) is 12.7. The molecule has 1 atom stereocenters. The molecule has 2 aromatic rings. The van der Waals surface area contributed by atoms with Crippen molar-refractivity contribution >= 4 is 40.9 Å². The molecule has 2 heterocycles. The highest BCUT2D eigenvalue weighted by Gasteiger charge is 2.48.